The van der Waals surface area contributed by atoms with Gasteiger partial charge >= 0.3 is 0 Å². The molecule has 0 unspecified atom stereocenters. The number of rotatable bonds is 4. The Morgan fingerprint density at radius 2 is 2.30 bits per heavy atom. The van der Waals surface area contributed by atoms with E-state index in [1.54, 1.807) is 6.20 Å². The highest BCUT2D eigenvalue weighted by atomic mass is 32.1. The van der Waals surface area contributed by atoms with Gasteiger partial charge in [0.05, 0.1) is 6.20 Å². The second-order valence-corrected chi connectivity index (χ2v) is 4.62. The van der Waals surface area contributed by atoms with Crippen LogP contribution in [0.1, 0.15) is 0 Å². The maximum atomic E-state index is 5.78. The number of fused-ring (bicyclic) bond motifs is 2. The molecule has 7 heteroatoms. The molecule has 6 nitrogen and oxygen atoms in total. The van der Waals surface area contributed by atoms with Crippen LogP contribution in [0.5, 0.6) is 17.2 Å². The normalized spacial score (nSPS) is 11.8. The molecule has 0 atom stereocenters. The average Bonchev–Trinajstić information content (AvgIpc) is 2.46. The summed E-state index contributed by atoms with van der Waals surface area (Å²) in [5.41, 5.74) is 0.785. The van der Waals surface area contributed by atoms with Gasteiger partial charge in [0.25, 0.3) is 0 Å². The quantitative estimate of drug-likeness (QED) is 0.507. The molecule has 20 heavy (non-hydrogen) atoms. The first-order chi connectivity index (χ1) is 9.78. The van der Waals surface area contributed by atoms with E-state index in [1.165, 1.54) is 0 Å². The molecule has 0 spiro atoms. The van der Waals surface area contributed by atoms with E-state index in [-0.39, 0.29) is 0 Å². The van der Waals surface area contributed by atoms with Crippen molar-refractivity contribution < 1.29 is 9.47 Å². The first kappa shape index (κ1) is 12.9. The Hall–Kier alpha value is -2.12. The van der Waals surface area contributed by atoms with Crippen LogP contribution in [0.25, 0.3) is 0 Å². The molecule has 2 aromatic rings. The molecule has 104 valence electrons. The third kappa shape index (κ3) is 2.45. The summed E-state index contributed by atoms with van der Waals surface area (Å²) < 4.78 is 11.9. The molecular weight excluding hydrogens is 276 g/mol. The van der Waals surface area contributed by atoms with Crippen molar-refractivity contribution in [3.63, 3.8) is 0 Å². The van der Waals surface area contributed by atoms with Gasteiger partial charge in [-0.25, -0.2) is 4.98 Å². The number of hydrogen-bond donors (Lipinski definition) is 3. The van der Waals surface area contributed by atoms with Gasteiger partial charge in [-0.05, 0) is 31.4 Å². The Morgan fingerprint density at radius 1 is 1.40 bits per heavy atom. The topological polar surface area (TPSA) is 71.2 Å². The van der Waals surface area contributed by atoms with Crippen molar-refractivity contribution in [1.82, 2.24) is 15.3 Å². The van der Waals surface area contributed by atoms with E-state index in [1.807, 2.05) is 25.2 Å². The minimum absolute atomic E-state index is 0.400. The van der Waals surface area contributed by atoms with E-state index >= 15 is 0 Å². The monoisotopic (exact) mass is 290 g/mol. The Labute approximate surface area is 121 Å². The van der Waals surface area contributed by atoms with E-state index in [0.29, 0.717) is 28.7 Å². The van der Waals surface area contributed by atoms with E-state index in [2.05, 4.69) is 20.6 Å². The van der Waals surface area contributed by atoms with Crippen molar-refractivity contribution >= 4 is 23.7 Å². The standard InChI is InChI=1S/C13H14N4O2S/c1-14-5-6-18-8-3-2-4-9-11(8)16-12-10(19-9)7-15-13(20)17-12/h2-4,7,14H,5-6H2,1H3,(H2,15,16,17,20). The number of likely N-dealkylation sites (N-methyl/N-ethyl adjacent to an activating group) is 1. The van der Waals surface area contributed by atoms with Gasteiger partial charge in [-0.1, -0.05) is 6.07 Å². The molecule has 3 rings (SSSR count). The SMILES string of the molecule is CNCCOc1cccc2c1Nc1[nH]c(=S)ncc1O2. The highest BCUT2D eigenvalue weighted by molar-refractivity contribution is 7.71. The van der Waals surface area contributed by atoms with Crippen LogP contribution in [-0.4, -0.2) is 30.2 Å². The zero-order valence-electron chi connectivity index (χ0n) is 10.9. The molecule has 0 fully saturated rings. The number of anilines is 2. The van der Waals surface area contributed by atoms with Crippen LogP contribution in [0.15, 0.2) is 24.4 Å². The number of H-pyrrole nitrogens is 1. The lowest BCUT2D eigenvalue weighted by molar-refractivity contribution is 0.318. The zero-order chi connectivity index (χ0) is 13.9. The molecule has 1 aromatic heterocycles. The number of hydrogen-bond acceptors (Lipinski definition) is 6. The second-order valence-electron chi connectivity index (χ2n) is 4.24. The molecule has 0 bridgehead atoms. The van der Waals surface area contributed by atoms with Crippen LogP contribution in [0, 0.1) is 4.77 Å². The second kappa shape index (κ2) is 5.48. The molecule has 0 saturated carbocycles. The van der Waals surface area contributed by atoms with Gasteiger partial charge in [0, 0.05) is 6.54 Å². The number of aromatic nitrogens is 2. The fourth-order valence-corrected chi connectivity index (χ4v) is 2.05. The highest BCUT2D eigenvalue weighted by Crippen LogP contribution is 2.44. The Balaban J connectivity index is 1.91. The summed E-state index contributed by atoms with van der Waals surface area (Å²) in [5.74, 6) is 2.73. The van der Waals surface area contributed by atoms with E-state index in [0.717, 1.165) is 18.0 Å². The lowest BCUT2D eigenvalue weighted by Gasteiger charge is -2.23. The van der Waals surface area contributed by atoms with Gasteiger partial charge in [-0.3, -0.25) is 0 Å². The molecule has 0 radical (unpaired) electrons. The van der Waals surface area contributed by atoms with Crippen LogP contribution < -0.4 is 20.1 Å². The van der Waals surface area contributed by atoms with Crippen LogP contribution in [-0.2, 0) is 0 Å². The number of nitrogens with zero attached hydrogens (tertiary/aromatic N) is 1. The Kier molecular flexibility index (Phi) is 3.53. The minimum Gasteiger partial charge on any atom is -0.490 e. The third-order valence-corrected chi connectivity index (χ3v) is 3.05. The molecule has 0 saturated heterocycles. The molecule has 2 heterocycles. The van der Waals surface area contributed by atoms with Gasteiger partial charge in [-0.15, -0.1) is 0 Å². The fraction of sp³-hybridized carbons (Fsp3) is 0.231. The lowest BCUT2D eigenvalue weighted by atomic mass is 10.2. The van der Waals surface area contributed by atoms with Crippen LogP contribution in [0.3, 0.4) is 0 Å². The van der Waals surface area contributed by atoms with Gasteiger partial charge in [-0.2, -0.15) is 0 Å². The summed E-state index contributed by atoms with van der Waals surface area (Å²) >= 11 is 5.01. The maximum absolute atomic E-state index is 5.78. The number of ether oxygens (including phenoxy) is 2. The van der Waals surface area contributed by atoms with Crippen molar-refractivity contribution in [2.75, 3.05) is 25.5 Å². The van der Waals surface area contributed by atoms with E-state index in [9.17, 15) is 0 Å². The summed E-state index contributed by atoms with van der Waals surface area (Å²) in [4.78, 5) is 6.97. The molecule has 0 amide bonds. The summed E-state index contributed by atoms with van der Waals surface area (Å²) in [6.07, 6.45) is 1.60. The summed E-state index contributed by atoms with van der Waals surface area (Å²) in [7, 11) is 1.88. The summed E-state index contributed by atoms with van der Waals surface area (Å²) in [6.45, 7) is 1.35. The zero-order valence-corrected chi connectivity index (χ0v) is 11.7. The third-order valence-electron chi connectivity index (χ3n) is 2.84. The van der Waals surface area contributed by atoms with E-state index in [4.69, 9.17) is 21.7 Å². The average molecular weight is 290 g/mol. The summed E-state index contributed by atoms with van der Waals surface area (Å²) in [5, 5.41) is 6.28. The number of benzene rings is 1. The van der Waals surface area contributed by atoms with Gasteiger partial charge < -0.3 is 25.1 Å². The predicted molar refractivity (Wildman–Crippen MR) is 78.6 cm³/mol. The van der Waals surface area contributed by atoms with Gasteiger partial charge in [0.1, 0.15) is 18.0 Å². The smallest absolute Gasteiger partial charge is 0.198 e. The lowest BCUT2D eigenvalue weighted by Crippen LogP contribution is -2.16. The first-order valence-corrected chi connectivity index (χ1v) is 6.63. The van der Waals surface area contributed by atoms with Gasteiger partial charge in [0.2, 0.25) is 0 Å². The number of para-hydroxylation sites is 1. The largest absolute Gasteiger partial charge is 0.490 e. The maximum Gasteiger partial charge on any atom is 0.198 e. The van der Waals surface area contributed by atoms with Crippen LogP contribution >= 0.6 is 12.2 Å². The molecule has 1 aliphatic heterocycles. The highest BCUT2D eigenvalue weighted by Gasteiger charge is 2.20. The molecular formula is C13H14N4O2S. The predicted octanol–water partition coefficient (Wildman–Crippen LogP) is 2.59. The molecule has 0 aliphatic carbocycles. The molecule has 1 aliphatic rings. The summed E-state index contributed by atoms with van der Waals surface area (Å²) in [6, 6.07) is 5.66. The Morgan fingerprint density at radius 3 is 3.15 bits per heavy atom. The van der Waals surface area contributed by atoms with Crippen molar-refractivity contribution in [3.8, 4) is 17.2 Å². The number of aromatic amines is 1. The Bertz CT molecular complexity index is 686. The molecule has 3 N–H and O–H groups in total. The fourth-order valence-electron chi connectivity index (χ4n) is 1.90. The van der Waals surface area contributed by atoms with Crippen LogP contribution in [0.4, 0.5) is 11.5 Å². The number of nitrogens with one attached hydrogen (secondary N) is 3. The van der Waals surface area contributed by atoms with Crippen LogP contribution in [0.2, 0.25) is 0 Å². The van der Waals surface area contributed by atoms with E-state index < -0.39 is 0 Å². The molecule has 1 aromatic carbocycles. The van der Waals surface area contributed by atoms with Gasteiger partial charge in [0.15, 0.2) is 22.1 Å². The van der Waals surface area contributed by atoms with Crippen molar-refractivity contribution in [1.29, 1.82) is 0 Å². The van der Waals surface area contributed by atoms with Crippen molar-refractivity contribution in [2.24, 2.45) is 0 Å². The minimum atomic E-state index is 0.400. The van der Waals surface area contributed by atoms with Crippen molar-refractivity contribution in [2.45, 2.75) is 0 Å². The first-order valence-electron chi connectivity index (χ1n) is 6.22. The van der Waals surface area contributed by atoms with Crippen molar-refractivity contribution in [3.05, 3.63) is 29.2 Å².